The number of aryl methyl sites for hydroxylation is 1. The fourth-order valence-corrected chi connectivity index (χ4v) is 3.10. The molecule has 102 valence electrons. The third-order valence-electron chi connectivity index (χ3n) is 2.31. The van der Waals surface area contributed by atoms with Gasteiger partial charge in [-0.15, -0.1) is 0 Å². The lowest BCUT2D eigenvalue weighted by Gasteiger charge is -2.08. The van der Waals surface area contributed by atoms with Crippen molar-refractivity contribution < 1.29 is 12.8 Å². The van der Waals surface area contributed by atoms with E-state index in [0.29, 0.717) is 5.69 Å². The van der Waals surface area contributed by atoms with E-state index in [9.17, 15) is 12.8 Å². The van der Waals surface area contributed by atoms with E-state index in [-0.39, 0.29) is 20.6 Å². The van der Waals surface area contributed by atoms with Gasteiger partial charge in [-0.1, -0.05) is 23.2 Å². The van der Waals surface area contributed by atoms with Crippen molar-refractivity contribution in [1.82, 2.24) is 10.2 Å². The van der Waals surface area contributed by atoms with Crippen molar-refractivity contribution >= 4 is 38.9 Å². The molecule has 19 heavy (non-hydrogen) atoms. The zero-order chi connectivity index (χ0) is 14.2. The molecule has 0 bridgehead atoms. The van der Waals surface area contributed by atoms with Gasteiger partial charge < -0.3 is 0 Å². The fourth-order valence-electron chi connectivity index (χ4n) is 1.44. The molecule has 0 spiro atoms. The van der Waals surface area contributed by atoms with Crippen LogP contribution in [0.25, 0.3) is 0 Å². The van der Waals surface area contributed by atoms with Crippen LogP contribution in [0.5, 0.6) is 0 Å². The second-order valence-electron chi connectivity index (χ2n) is 3.72. The SMILES string of the molecule is Cc1[nH]ncc1S(=O)(=O)Nc1cc(Cl)c(F)c(Cl)c1. The maximum absolute atomic E-state index is 13.2. The number of nitrogens with one attached hydrogen (secondary N) is 2. The number of aromatic nitrogens is 2. The largest absolute Gasteiger partial charge is 0.281 e. The number of H-pyrrole nitrogens is 1. The van der Waals surface area contributed by atoms with Gasteiger partial charge in [0, 0.05) is 0 Å². The number of benzene rings is 1. The Morgan fingerprint density at radius 1 is 1.32 bits per heavy atom. The van der Waals surface area contributed by atoms with Crippen LogP contribution >= 0.6 is 23.2 Å². The molecule has 5 nitrogen and oxygen atoms in total. The summed E-state index contributed by atoms with van der Waals surface area (Å²) >= 11 is 11.2. The molecule has 9 heteroatoms. The first-order valence-electron chi connectivity index (χ1n) is 4.98. The van der Waals surface area contributed by atoms with Gasteiger partial charge in [0.15, 0.2) is 5.82 Å². The lowest BCUT2D eigenvalue weighted by Crippen LogP contribution is -2.13. The van der Waals surface area contributed by atoms with Crippen LogP contribution in [-0.2, 0) is 10.0 Å². The van der Waals surface area contributed by atoms with Crippen LogP contribution < -0.4 is 4.72 Å². The second-order valence-corrected chi connectivity index (χ2v) is 6.18. The molecule has 0 saturated carbocycles. The minimum Gasteiger partial charge on any atom is -0.281 e. The van der Waals surface area contributed by atoms with Gasteiger partial charge >= 0.3 is 0 Å². The average Bonchev–Trinajstić information content (AvgIpc) is 2.72. The van der Waals surface area contributed by atoms with Crippen LogP contribution in [0.1, 0.15) is 5.69 Å². The minimum absolute atomic E-state index is 0.0101. The highest BCUT2D eigenvalue weighted by atomic mass is 35.5. The molecule has 0 aliphatic rings. The van der Waals surface area contributed by atoms with Crippen molar-refractivity contribution in [2.24, 2.45) is 0 Å². The van der Waals surface area contributed by atoms with Crippen molar-refractivity contribution in [3.63, 3.8) is 0 Å². The summed E-state index contributed by atoms with van der Waals surface area (Å²) in [5, 5.41) is 5.59. The summed E-state index contributed by atoms with van der Waals surface area (Å²) < 4.78 is 39.6. The quantitative estimate of drug-likeness (QED) is 0.853. The first kappa shape index (κ1) is 14.1. The van der Waals surface area contributed by atoms with Gasteiger partial charge in [-0.3, -0.25) is 9.82 Å². The first-order chi connectivity index (χ1) is 8.81. The number of rotatable bonds is 3. The molecule has 0 amide bonds. The van der Waals surface area contributed by atoms with Gasteiger partial charge in [0.1, 0.15) is 4.90 Å². The highest BCUT2D eigenvalue weighted by Gasteiger charge is 2.19. The maximum atomic E-state index is 13.2. The molecule has 0 saturated heterocycles. The van der Waals surface area contributed by atoms with E-state index < -0.39 is 15.8 Å². The molecule has 2 N–H and O–H groups in total. The number of sulfonamides is 1. The Kier molecular flexibility index (Phi) is 3.71. The lowest BCUT2D eigenvalue weighted by molar-refractivity contribution is 0.600. The summed E-state index contributed by atoms with van der Waals surface area (Å²) in [5.41, 5.74) is 0.448. The molecular weight excluding hydrogens is 316 g/mol. The summed E-state index contributed by atoms with van der Waals surface area (Å²) in [4.78, 5) is -0.0101. The minimum atomic E-state index is -3.83. The van der Waals surface area contributed by atoms with Crippen LogP contribution in [0.4, 0.5) is 10.1 Å². The first-order valence-corrected chi connectivity index (χ1v) is 7.22. The van der Waals surface area contributed by atoms with Crippen molar-refractivity contribution in [1.29, 1.82) is 0 Å². The zero-order valence-electron chi connectivity index (χ0n) is 9.54. The summed E-state index contributed by atoms with van der Waals surface area (Å²) in [6.07, 6.45) is 1.17. The predicted molar refractivity (Wildman–Crippen MR) is 70.6 cm³/mol. The smallest absolute Gasteiger partial charge is 0.265 e. The van der Waals surface area contributed by atoms with E-state index >= 15 is 0 Å². The van der Waals surface area contributed by atoms with Crippen LogP contribution in [0.15, 0.2) is 23.2 Å². The monoisotopic (exact) mass is 323 g/mol. The molecule has 1 heterocycles. The van der Waals surface area contributed by atoms with Crippen molar-refractivity contribution in [2.45, 2.75) is 11.8 Å². The maximum Gasteiger partial charge on any atom is 0.265 e. The molecular formula is C10H8Cl2FN3O2S. The Morgan fingerprint density at radius 3 is 2.37 bits per heavy atom. The molecule has 0 radical (unpaired) electrons. The van der Waals surface area contributed by atoms with E-state index in [2.05, 4.69) is 14.9 Å². The molecule has 0 unspecified atom stereocenters. The van der Waals surface area contributed by atoms with Gasteiger partial charge in [0.25, 0.3) is 10.0 Å². The zero-order valence-corrected chi connectivity index (χ0v) is 11.9. The van der Waals surface area contributed by atoms with E-state index in [1.807, 2.05) is 0 Å². The molecule has 0 aliphatic heterocycles. The van der Waals surface area contributed by atoms with Crippen LogP contribution in [0.3, 0.4) is 0 Å². The van der Waals surface area contributed by atoms with E-state index in [1.54, 1.807) is 6.92 Å². The third-order valence-corrected chi connectivity index (χ3v) is 4.35. The summed E-state index contributed by atoms with van der Waals surface area (Å²) in [6.45, 7) is 1.56. The van der Waals surface area contributed by atoms with Crippen LogP contribution in [0.2, 0.25) is 10.0 Å². The second kappa shape index (κ2) is 4.99. The molecule has 2 aromatic rings. The van der Waals surface area contributed by atoms with Crippen molar-refractivity contribution in [3.8, 4) is 0 Å². The van der Waals surface area contributed by atoms with Crippen LogP contribution in [-0.4, -0.2) is 18.6 Å². The van der Waals surface area contributed by atoms with E-state index in [0.717, 1.165) is 12.1 Å². The third kappa shape index (κ3) is 2.83. The Hall–Kier alpha value is -1.31. The lowest BCUT2D eigenvalue weighted by atomic mass is 10.3. The Balaban J connectivity index is 2.39. The van der Waals surface area contributed by atoms with Crippen molar-refractivity contribution in [3.05, 3.63) is 39.9 Å². The Morgan fingerprint density at radius 2 is 1.89 bits per heavy atom. The summed E-state index contributed by atoms with van der Waals surface area (Å²) in [6, 6.07) is 2.27. The van der Waals surface area contributed by atoms with Gasteiger partial charge in [-0.25, -0.2) is 12.8 Å². The molecule has 1 aromatic carbocycles. The number of hydrogen-bond donors (Lipinski definition) is 2. The molecule has 2 rings (SSSR count). The summed E-state index contributed by atoms with van der Waals surface area (Å²) in [7, 11) is -3.83. The normalized spacial score (nSPS) is 11.6. The molecule has 0 fully saturated rings. The fraction of sp³-hybridized carbons (Fsp3) is 0.100. The molecule has 0 atom stereocenters. The molecule has 1 aromatic heterocycles. The topological polar surface area (TPSA) is 74.8 Å². The number of hydrogen-bond acceptors (Lipinski definition) is 3. The molecule has 0 aliphatic carbocycles. The Labute approximate surface area is 118 Å². The van der Waals surface area contributed by atoms with Gasteiger partial charge in [0.05, 0.1) is 27.6 Å². The van der Waals surface area contributed by atoms with Crippen LogP contribution in [0, 0.1) is 12.7 Å². The van der Waals surface area contributed by atoms with Gasteiger partial charge in [0.2, 0.25) is 0 Å². The highest BCUT2D eigenvalue weighted by Crippen LogP contribution is 2.28. The van der Waals surface area contributed by atoms with E-state index in [1.165, 1.54) is 6.20 Å². The summed E-state index contributed by atoms with van der Waals surface area (Å²) in [5.74, 6) is -0.800. The standard InChI is InChI=1S/C10H8Cl2FN3O2S/c1-5-9(4-14-15-5)19(17,18)16-6-2-7(11)10(13)8(12)3-6/h2-4,16H,1H3,(H,14,15). The van der Waals surface area contributed by atoms with Gasteiger partial charge in [-0.05, 0) is 19.1 Å². The average molecular weight is 324 g/mol. The number of aromatic amines is 1. The van der Waals surface area contributed by atoms with Gasteiger partial charge in [-0.2, -0.15) is 5.10 Å². The number of anilines is 1. The number of halogens is 3. The predicted octanol–water partition coefficient (Wildman–Crippen LogP) is 2.96. The Bertz CT molecular complexity index is 707. The van der Waals surface area contributed by atoms with E-state index in [4.69, 9.17) is 23.2 Å². The van der Waals surface area contributed by atoms with Crippen molar-refractivity contribution in [2.75, 3.05) is 4.72 Å². The number of nitrogens with zero attached hydrogens (tertiary/aromatic N) is 1. The highest BCUT2D eigenvalue weighted by molar-refractivity contribution is 7.92.